The third kappa shape index (κ3) is 2.76. The minimum atomic E-state index is -1.32. The summed E-state index contributed by atoms with van der Waals surface area (Å²) in [5.41, 5.74) is -0.776. The zero-order valence-corrected chi connectivity index (χ0v) is 11.5. The summed E-state index contributed by atoms with van der Waals surface area (Å²) in [6, 6.07) is 5.63. The number of nitrogens with zero attached hydrogens (tertiary/aromatic N) is 5. The van der Waals surface area contributed by atoms with Gasteiger partial charge in [-0.25, -0.2) is 9.78 Å². The molecule has 2 aromatic rings. The van der Waals surface area contributed by atoms with Crippen molar-refractivity contribution in [1.29, 1.82) is 5.26 Å². The van der Waals surface area contributed by atoms with Crippen LogP contribution in [0, 0.1) is 21.4 Å². The van der Waals surface area contributed by atoms with Crippen molar-refractivity contribution in [2.24, 2.45) is 7.05 Å². The van der Waals surface area contributed by atoms with E-state index >= 15 is 0 Å². The summed E-state index contributed by atoms with van der Waals surface area (Å²) in [5.74, 6) is -1.91. The van der Waals surface area contributed by atoms with E-state index in [4.69, 9.17) is 0 Å². The Balaban J connectivity index is 2.57. The van der Waals surface area contributed by atoms with Crippen LogP contribution >= 0.6 is 0 Å². The highest BCUT2D eigenvalue weighted by Gasteiger charge is 2.29. The summed E-state index contributed by atoms with van der Waals surface area (Å²) in [6.45, 7) is 0. The third-order valence-electron chi connectivity index (χ3n) is 3.21. The number of nitro benzene ring substituents is 1. The van der Waals surface area contributed by atoms with E-state index in [1.165, 1.54) is 29.2 Å². The van der Waals surface area contributed by atoms with Gasteiger partial charge in [-0.15, -0.1) is 0 Å². The number of benzene rings is 1. The van der Waals surface area contributed by atoms with E-state index in [2.05, 4.69) is 10.1 Å². The SMILES string of the molecule is Cn1ncnc1CC(C#N)c1c(C(=O)O)cccc1[N+](=O)[O-]. The molecule has 0 aliphatic rings. The molecule has 9 nitrogen and oxygen atoms in total. The molecule has 0 saturated carbocycles. The zero-order chi connectivity index (χ0) is 16.3. The number of aromatic nitrogens is 3. The van der Waals surface area contributed by atoms with E-state index in [-0.39, 0.29) is 17.5 Å². The van der Waals surface area contributed by atoms with Gasteiger partial charge in [0.25, 0.3) is 5.69 Å². The van der Waals surface area contributed by atoms with Crippen LogP contribution in [-0.4, -0.2) is 30.8 Å². The Bertz CT molecular complexity index is 745. The smallest absolute Gasteiger partial charge is 0.336 e. The second kappa shape index (κ2) is 6.01. The first-order chi connectivity index (χ1) is 10.5. The van der Waals surface area contributed by atoms with Gasteiger partial charge >= 0.3 is 5.97 Å². The highest BCUT2D eigenvalue weighted by atomic mass is 16.6. The monoisotopic (exact) mass is 301 g/mol. The molecule has 0 fully saturated rings. The summed E-state index contributed by atoms with van der Waals surface area (Å²) >= 11 is 0. The third-order valence-corrected chi connectivity index (χ3v) is 3.21. The number of carboxylic acid groups (broad SMARTS) is 1. The molecule has 0 spiro atoms. The summed E-state index contributed by atoms with van der Waals surface area (Å²) in [5, 5.41) is 33.6. The van der Waals surface area contributed by atoms with Crippen LogP contribution in [0.2, 0.25) is 0 Å². The van der Waals surface area contributed by atoms with Gasteiger partial charge in [0.2, 0.25) is 0 Å². The average Bonchev–Trinajstić information content (AvgIpc) is 2.89. The van der Waals surface area contributed by atoms with E-state index in [0.29, 0.717) is 5.82 Å². The largest absolute Gasteiger partial charge is 0.478 e. The van der Waals surface area contributed by atoms with Gasteiger partial charge in [0, 0.05) is 19.5 Å². The Morgan fingerprint density at radius 1 is 1.59 bits per heavy atom. The second-order valence-corrected chi connectivity index (χ2v) is 4.49. The van der Waals surface area contributed by atoms with Gasteiger partial charge in [-0.05, 0) is 6.07 Å². The van der Waals surface area contributed by atoms with Crippen LogP contribution in [0.4, 0.5) is 5.69 Å². The maximum Gasteiger partial charge on any atom is 0.336 e. The summed E-state index contributed by atoms with van der Waals surface area (Å²) < 4.78 is 1.43. The lowest BCUT2D eigenvalue weighted by molar-refractivity contribution is -0.385. The Morgan fingerprint density at radius 2 is 2.32 bits per heavy atom. The number of nitro groups is 1. The highest BCUT2D eigenvalue weighted by Crippen LogP contribution is 2.31. The fraction of sp³-hybridized carbons (Fsp3) is 0.231. The molecule has 1 unspecified atom stereocenters. The van der Waals surface area contributed by atoms with E-state index < -0.39 is 22.5 Å². The van der Waals surface area contributed by atoms with Crippen LogP contribution in [0.15, 0.2) is 24.5 Å². The first kappa shape index (κ1) is 15.1. The molecule has 0 aliphatic carbocycles. The molecule has 0 aliphatic heterocycles. The van der Waals surface area contributed by atoms with Crippen LogP contribution < -0.4 is 0 Å². The number of hydrogen-bond donors (Lipinski definition) is 1. The first-order valence-electron chi connectivity index (χ1n) is 6.18. The van der Waals surface area contributed by atoms with Crippen LogP contribution in [-0.2, 0) is 13.5 Å². The van der Waals surface area contributed by atoms with Crippen molar-refractivity contribution in [3.05, 3.63) is 51.6 Å². The van der Waals surface area contributed by atoms with E-state index in [1.54, 1.807) is 7.05 Å². The Hall–Kier alpha value is -3.28. The number of carbonyl (C=O) groups is 1. The molecule has 1 aromatic heterocycles. The molecule has 0 amide bonds. The number of nitriles is 1. The highest BCUT2D eigenvalue weighted by molar-refractivity contribution is 5.91. The standard InChI is InChI=1S/C13H11N5O4/c1-17-11(15-7-16-17)5-8(6-14)12-9(13(19)20)3-2-4-10(12)18(21)22/h2-4,7-8H,5H2,1H3,(H,19,20). The second-order valence-electron chi connectivity index (χ2n) is 4.49. The Labute approximate surface area is 124 Å². The topological polar surface area (TPSA) is 135 Å². The van der Waals surface area contributed by atoms with Crippen molar-refractivity contribution >= 4 is 11.7 Å². The van der Waals surface area contributed by atoms with Gasteiger partial charge in [0.05, 0.1) is 28.0 Å². The quantitative estimate of drug-likeness (QED) is 0.648. The molecule has 1 heterocycles. The van der Waals surface area contributed by atoms with E-state index in [1.807, 2.05) is 6.07 Å². The molecular weight excluding hydrogens is 290 g/mol. The van der Waals surface area contributed by atoms with Crippen molar-refractivity contribution in [2.75, 3.05) is 0 Å². The Morgan fingerprint density at radius 3 is 2.82 bits per heavy atom. The van der Waals surface area contributed by atoms with E-state index in [0.717, 1.165) is 0 Å². The Kier molecular flexibility index (Phi) is 4.13. The van der Waals surface area contributed by atoms with Gasteiger partial charge in [-0.3, -0.25) is 14.8 Å². The molecule has 0 radical (unpaired) electrons. The summed E-state index contributed by atoms with van der Waals surface area (Å²) in [7, 11) is 1.62. The van der Waals surface area contributed by atoms with Crippen LogP contribution in [0.3, 0.4) is 0 Å². The van der Waals surface area contributed by atoms with Gasteiger partial charge in [0.15, 0.2) is 0 Å². The fourth-order valence-corrected chi connectivity index (χ4v) is 2.16. The minimum Gasteiger partial charge on any atom is -0.478 e. The lowest BCUT2D eigenvalue weighted by atomic mass is 9.90. The molecule has 2 rings (SSSR count). The number of aromatic carboxylic acids is 1. The van der Waals surface area contributed by atoms with Crippen molar-refractivity contribution in [3.8, 4) is 6.07 Å². The van der Waals surface area contributed by atoms with Crippen molar-refractivity contribution in [1.82, 2.24) is 14.8 Å². The first-order valence-corrected chi connectivity index (χ1v) is 6.18. The zero-order valence-electron chi connectivity index (χ0n) is 11.5. The van der Waals surface area contributed by atoms with Crippen LogP contribution in [0.1, 0.15) is 27.7 Å². The molecule has 1 atom stereocenters. The predicted molar refractivity (Wildman–Crippen MR) is 73.1 cm³/mol. The number of rotatable bonds is 5. The molecule has 1 N–H and O–H groups in total. The number of hydrogen-bond acceptors (Lipinski definition) is 6. The molecule has 9 heteroatoms. The van der Waals surface area contributed by atoms with Crippen molar-refractivity contribution < 1.29 is 14.8 Å². The number of aryl methyl sites for hydroxylation is 1. The maximum atomic E-state index is 11.3. The summed E-state index contributed by atoms with van der Waals surface area (Å²) in [6.07, 6.45) is 1.32. The fourth-order valence-electron chi connectivity index (χ4n) is 2.16. The molecule has 0 bridgehead atoms. The molecule has 112 valence electrons. The summed E-state index contributed by atoms with van der Waals surface area (Å²) in [4.78, 5) is 25.7. The maximum absolute atomic E-state index is 11.3. The van der Waals surface area contributed by atoms with Gasteiger partial charge in [-0.1, -0.05) is 6.07 Å². The van der Waals surface area contributed by atoms with Crippen molar-refractivity contribution in [2.45, 2.75) is 12.3 Å². The minimum absolute atomic E-state index is 0.0259. The van der Waals surface area contributed by atoms with Gasteiger partial charge in [-0.2, -0.15) is 10.4 Å². The van der Waals surface area contributed by atoms with Crippen LogP contribution in [0.5, 0.6) is 0 Å². The van der Waals surface area contributed by atoms with Crippen molar-refractivity contribution in [3.63, 3.8) is 0 Å². The molecular formula is C13H11N5O4. The number of carboxylic acids is 1. The molecule has 22 heavy (non-hydrogen) atoms. The molecule has 1 aromatic carbocycles. The van der Waals surface area contributed by atoms with Gasteiger partial charge < -0.3 is 5.11 Å². The average molecular weight is 301 g/mol. The van der Waals surface area contributed by atoms with Crippen LogP contribution in [0.25, 0.3) is 0 Å². The normalized spacial score (nSPS) is 11.6. The van der Waals surface area contributed by atoms with Gasteiger partial charge in [0.1, 0.15) is 12.2 Å². The van der Waals surface area contributed by atoms with E-state index in [9.17, 15) is 25.3 Å². The lowest BCUT2D eigenvalue weighted by Crippen LogP contribution is -2.13. The molecule has 0 saturated heterocycles. The predicted octanol–water partition coefficient (Wildman–Crippen LogP) is 1.27. The lowest BCUT2D eigenvalue weighted by Gasteiger charge is -2.12.